The molecule has 0 saturated heterocycles. The Labute approximate surface area is 162 Å². The van der Waals surface area contributed by atoms with Gasteiger partial charge in [0.15, 0.2) is 5.76 Å². The predicted octanol–water partition coefficient (Wildman–Crippen LogP) is 3.86. The number of ether oxygens (including phenoxy) is 2. The highest BCUT2D eigenvalue weighted by Crippen LogP contribution is 2.29. The number of benzene rings is 2. The number of rotatable bonds is 5. The second-order valence-corrected chi connectivity index (χ2v) is 7.16. The van der Waals surface area contributed by atoms with Crippen LogP contribution >= 0.6 is 0 Å². The van der Waals surface area contributed by atoms with Gasteiger partial charge in [0.25, 0.3) is 5.56 Å². The average Bonchev–Trinajstić information content (AvgIpc) is 3.21. The predicted molar refractivity (Wildman–Crippen MR) is 106 cm³/mol. The molecule has 1 atom stereocenters. The summed E-state index contributed by atoms with van der Waals surface area (Å²) in [5.74, 6) is 1.33. The summed E-state index contributed by atoms with van der Waals surface area (Å²) >= 11 is 0. The number of hydrogen-bond donors (Lipinski definition) is 1. The maximum Gasteiger partial charge on any atom is 0.262 e. The summed E-state index contributed by atoms with van der Waals surface area (Å²) in [4.78, 5) is 18.2. The van der Waals surface area contributed by atoms with Crippen LogP contribution in [0.1, 0.15) is 37.2 Å². The molecule has 0 bridgehead atoms. The molecule has 2 heterocycles. The topological polar surface area (TPSA) is 73.6 Å². The molecule has 0 spiro atoms. The largest absolute Gasteiger partial charge is 0.508 e. The first-order valence-corrected chi connectivity index (χ1v) is 9.28. The van der Waals surface area contributed by atoms with Crippen LogP contribution < -0.4 is 5.56 Å². The van der Waals surface area contributed by atoms with E-state index in [4.69, 9.17) is 14.5 Å². The van der Waals surface area contributed by atoms with E-state index in [-0.39, 0.29) is 30.1 Å². The van der Waals surface area contributed by atoms with Crippen molar-refractivity contribution in [2.75, 3.05) is 6.79 Å². The Morgan fingerprint density at radius 1 is 1.18 bits per heavy atom. The summed E-state index contributed by atoms with van der Waals surface area (Å²) in [6.45, 7) is 4.13. The van der Waals surface area contributed by atoms with Gasteiger partial charge in [-0.25, -0.2) is 4.98 Å². The lowest BCUT2D eigenvalue weighted by molar-refractivity contribution is 0.0706. The molecule has 1 aromatic heterocycles. The second-order valence-electron chi connectivity index (χ2n) is 7.16. The van der Waals surface area contributed by atoms with E-state index in [0.29, 0.717) is 28.9 Å². The third-order valence-electron chi connectivity index (χ3n) is 4.83. The summed E-state index contributed by atoms with van der Waals surface area (Å²) in [5, 5.41) is 10.3. The zero-order valence-corrected chi connectivity index (χ0v) is 15.8. The van der Waals surface area contributed by atoms with E-state index in [9.17, 15) is 9.90 Å². The molecule has 3 aromatic rings. The second kappa shape index (κ2) is 7.38. The maximum absolute atomic E-state index is 13.5. The Morgan fingerprint density at radius 2 is 1.96 bits per heavy atom. The van der Waals surface area contributed by atoms with Gasteiger partial charge in [0.1, 0.15) is 23.9 Å². The van der Waals surface area contributed by atoms with Crippen molar-refractivity contribution in [3.05, 3.63) is 82.3 Å². The van der Waals surface area contributed by atoms with Crippen molar-refractivity contribution < 1.29 is 14.6 Å². The van der Waals surface area contributed by atoms with Crippen LogP contribution in [0.4, 0.5) is 0 Å². The average molecular weight is 378 g/mol. The zero-order valence-electron chi connectivity index (χ0n) is 15.8. The first-order valence-electron chi connectivity index (χ1n) is 9.28. The van der Waals surface area contributed by atoms with E-state index < -0.39 is 0 Å². The number of aromatic hydroxyl groups is 1. The Bertz CT molecular complexity index is 1090. The van der Waals surface area contributed by atoms with Crippen LogP contribution in [0.15, 0.2) is 65.3 Å². The van der Waals surface area contributed by atoms with Crippen LogP contribution in [-0.4, -0.2) is 21.5 Å². The molecule has 0 aliphatic carbocycles. The molecule has 0 saturated carbocycles. The summed E-state index contributed by atoms with van der Waals surface area (Å²) in [7, 11) is 0. The Balaban J connectivity index is 1.94. The monoisotopic (exact) mass is 378 g/mol. The fourth-order valence-corrected chi connectivity index (χ4v) is 3.50. The van der Waals surface area contributed by atoms with Crippen LogP contribution in [0.5, 0.6) is 5.75 Å². The SMILES string of the molecule is CC(C)c1nc2cc(O)ccc2c(=O)n1C(Cc1ccccc1)C1=COCO1. The quantitative estimate of drug-likeness (QED) is 0.730. The number of aromatic nitrogens is 2. The molecule has 6 nitrogen and oxygen atoms in total. The summed E-state index contributed by atoms with van der Waals surface area (Å²) in [6, 6.07) is 14.2. The van der Waals surface area contributed by atoms with Gasteiger partial charge in [-0.1, -0.05) is 44.2 Å². The lowest BCUT2D eigenvalue weighted by Gasteiger charge is -2.24. The normalized spacial score (nSPS) is 14.6. The van der Waals surface area contributed by atoms with Gasteiger partial charge in [-0.3, -0.25) is 9.36 Å². The van der Waals surface area contributed by atoms with Crippen molar-refractivity contribution >= 4 is 10.9 Å². The molecule has 0 amide bonds. The Morgan fingerprint density at radius 3 is 2.64 bits per heavy atom. The first-order chi connectivity index (χ1) is 13.5. The van der Waals surface area contributed by atoms with Gasteiger partial charge in [0, 0.05) is 18.4 Å². The molecule has 1 unspecified atom stereocenters. The Hall–Kier alpha value is -3.28. The number of hydrogen-bond acceptors (Lipinski definition) is 5. The number of allylic oxidation sites excluding steroid dienone is 1. The van der Waals surface area contributed by atoms with Gasteiger partial charge in [-0.15, -0.1) is 0 Å². The van der Waals surface area contributed by atoms with E-state index in [2.05, 4.69) is 0 Å². The highest BCUT2D eigenvalue weighted by atomic mass is 16.7. The van der Waals surface area contributed by atoms with E-state index in [1.807, 2.05) is 44.2 Å². The molecule has 1 aliphatic rings. The number of phenolic OH excluding ortho intramolecular Hbond substituents is 1. The third-order valence-corrected chi connectivity index (χ3v) is 4.83. The van der Waals surface area contributed by atoms with Crippen molar-refractivity contribution in [3.8, 4) is 5.75 Å². The zero-order chi connectivity index (χ0) is 19.7. The van der Waals surface area contributed by atoms with Crippen LogP contribution in [0, 0.1) is 0 Å². The standard InChI is InChI=1S/C22H22N2O4/c1-14(2)21-23-18-11-16(25)8-9-17(18)22(26)24(21)19(20-12-27-13-28-20)10-15-6-4-3-5-7-15/h3-9,11-12,14,19,25H,10,13H2,1-2H3. The van der Waals surface area contributed by atoms with Gasteiger partial charge < -0.3 is 14.6 Å². The molecular formula is C22H22N2O4. The number of nitrogens with zero attached hydrogens (tertiary/aromatic N) is 2. The van der Waals surface area contributed by atoms with E-state index in [1.54, 1.807) is 16.9 Å². The van der Waals surface area contributed by atoms with Gasteiger partial charge in [-0.2, -0.15) is 0 Å². The van der Waals surface area contributed by atoms with Gasteiger partial charge in [-0.05, 0) is 17.7 Å². The molecule has 2 aromatic carbocycles. The van der Waals surface area contributed by atoms with Gasteiger partial charge in [0.2, 0.25) is 6.79 Å². The smallest absolute Gasteiger partial charge is 0.262 e. The number of phenols is 1. The van der Waals surface area contributed by atoms with Crippen molar-refractivity contribution in [1.82, 2.24) is 9.55 Å². The van der Waals surface area contributed by atoms with Crippen LogP contribution in [0.2, 0.25) is 0 Å². The molecule has 6 heteroatoms. The van der Waals surface area contributed by atoms with Crippen LogP contribution in [0.3, 0.4) is 0 Å². The van der Waals surface area contributed by atoms with E-state index in [1.165, 1.54) is 12.1 Å². The minimum Gasteiger partial charge on any atom is -0.508 e. The number of fused-ring (bicyclic) bond motifs is 1. The molecule has 28 heavy (non-hydrogen) atoms. The van der Waals surface area contributed by atoms with E-state index in [0.717, 1.165) is 5.56 Å². The van der Waals surface area contributed by atoms with Gasteiger partial charge in [0.05, 0.1) is 10.9 Å². The van der Waals surface area contributed by atoms with Crippen molar-refractivity contribution in [1.29, 1.82) is 0 Å². The maximum atomic E-state index is 13.5. The molecule has 1 N–H and O–H groups in total. The fourth-order valence-electron chi connectivity index (χ4n) is 3.50. The Kier molecular flexibility index (Phi) is 4.77. The highest BCUT2D eigenvalue weighted by Gasteiger charge is 2.28. The molecule has 0 radical (unpaired) electrons. The van der Waals surface area contributed by atoms with Gasteiger partial charge >= 0.3 is 0 Å². The third kappa shape index (κ3) is 3.33. The molecule has 144 valence electrons. The lowest BCUT2D eigenvalue weighted by atomic mass is 10.0. The summed E-state index contributed by atoms with van der Waals surface area (Å²) in [5.41, 5.74) is 1.41. The van der Waals surface area contributed by atoms with E-state index >= 15 is 0 Å². The van der Waals surface area contributed by atoms with Crippen LogP contribution in [0.25, 0.3) is 10.9 Å². The molecule has 4 rings (SSSR count). The van der Waals surface area contributed by atoms with Crippen molar-refractivity contribution in [3.63, 3.8) is 0 Å². The minimum atomic E-state index is -0.375. The minimum absolute atomic E-state index is 0.000596. The highest BCUT2D eigenvalue weighted by molar-refractivity contribution is 5.79. The summed E-state index contributed by atoms with van der Waals surface area (Å²) < 4.78 is 12.7. The molecule has 1 aliphatic heterocycles. The van der Waals surface area contributed by atoms with Crippen LogP contribution in [-0.2, 0) is 15.9 Å². The fraction of sp³-hybridized carbons (Fsp3) is 0.273. The lowest BCUT2D eigenvalue weighted by Crippen LogP contribution is -2.32. The first kappa shape index (κ1) is 18.1. The summed E-state index contributed by atoms with van der Waals surface area (Å²) in [6.07, 6.45) is 2.14. The molecule has 0 fully saturated rings. The van der Waals surface area contributed by atoms with Crippen molar-refractivity contribution in [2.45, 2.75) is 32.2 Å². The van der Waals surface area contributed by atoms with Crippen molar-refractivity contribution in [2.24, 2.45) is 0 Å². The molecular weight excluding hydrogens is 356 g/mol.